The summed E-state index contributed by atoms with van der Waals surface area (Å²) in [5, 5.41) is 9.91. The average Bonchev–Trinajstić information content (AvgIpc) is 2.84. The van der Waals surface area contributed by atoms with Crippen LogP contribution in [0.2, 0.25) is 0 Å². The van der Waals surface area contributed by atoms with E-state index in [-0.39, 0.29) is 10.7 Å². The standard InChI is InChI=1S/C12H19N3OS/c1-8-10(9(2)15-14-8)11(16)13-7-12(3)5-4-6-17-12/h4-7H2,1-3H3,(H,13,16)(H,14,15). The third kappa shape index (κ3) is 2.65. The van der Waals surface area contributed by atoms with Gasteiger partial charge in [0.25, 0.3) is 5.91 Å². The minimum absolute atomic E-state index is 0.0116. The summed E-state index contributed by atoms with van der Waals surface area (Å²) in [6.45, 7) is 6.69. The van der Waals surface area contributed by atoms with Crippen LogP contribution in [0.25, 0.3) is 0 Å². The predicted molar refractivity (Wildman–Crippen MR) is 70.5 cm³/mol. The van der Waals surface area contributed by atoms with Crippen LogP contribution in [-0.4, -0.2) is 33.1 Å². The van der Waals surface area contributed by atoms with Gasteiger partial charge in [0, 0.05) is 17.0 Å². The molecule has 1 amide bonds. The molecule has 5 heteroatoms. The van der Waals surface area contributed by atoms with Gasteiger partial charge in [0.15, 0.2) is 0 Å². The first-order chi connectivity index (χ1) is 8.02. The molecule has 1 aliphatic rings. The summed E-state index contributed by atoms with van der Waals surface area (Å²) >= 11 is 1.95. The Morgan fingerprint density at radius 1 is 1.59 bits per heavy atom. The van der Waals surface area contributed by atoms with E-state index in [1.54, 1.807) is 0 Å². The van der Waals surface area contributed by atoms with Gasteiger partial charge in [-0.15, -0.1) is 0 Å². The Morgan fingerprint density at radius 3 is 2.88 bits per heavy atom. The molecule has 1 fully saturated rings. The van der Waals surface area contributed by atoms with Crippen molar-refractivity contribution in [2.24, 2.45) is 0 Å². The van der Waals surface area contributed by atoms with E-state index >= 15 is 0 Å². The van der Waals surface area contributed by atoms with Crippen molar-refractivity contribution in [2.75, 3.05) is 12.3 Å². The van der Waals surface area contributed by atoms with Crippen molar-refractivity contribution in [3.05, 3.63) is 17.0 Å². The van der Waals surface area contributed by atoms with Crippen LogP contribution in [0.1, 0.15) is 41.5 Å². The van der Waals surface area contributed by atoms with Crippen LogP contribution in [0.5, 0.6) is 0 Å². The fourth-order valence-corrected chi connectivity index (χ4v) is 3.46. The number of aromatic nitrogens is 2. The monoisotopic (exact) mass is 253 g/mol. The minimum Gasteiger partial charge on any atom is -0.351 e. The molecule has 1 saturated heterocycles. The summed E-state index contributed by atoms with van der Waals surface area (Å²) < 4.78 is 0.210. The van der Waals surface area contributed by atoms with Crippen molar-refractivity contribution in [3.8, 4) is 0 Å². The smallest absolute Gasteiger partial charge is 0.255 e. The Bertz CT molecular complexity index is 402. The number of aryl methyl sites for hydroxylation is 2. The fraction of sp³-hybridized carbons (Fsp3) is 0.667. The van der Waals surface area contributed by atoms with Gasteiger partial charge < -0.3 is 5.32 Å². The number of carbonyl (C=O) groups excluding carboxylic acids is 1. The normalized spacial score (nSPS) is 23.9. The van der Waals surface area contributed by atoms with Gasteiger partial charge in [-0.05, 0) is 39.4 Å². The molecule has 0 aliphatic carbocycles. The second kappa shape index (κ2) is 4.72. The molecule has 0 saturated carbocycles. The molecular formula is C12H19N3OS. The first-order valence-corrected chi connectivity index (χ1v) is 6.94. The number of thioether (sulfide) groups is 1. The highest BCUT2D eigenvalue weighted by Gasteiger charge is 2.30. The van der Waals surface area contributed by atoms with Gasteiger partial charge in [-0.3, -0.25) is 9.89 Å². The Morgan fingerprint density at radius 2 is 2.35 bits per heavy atom. The topological polar surface area (TPSA) is 57.8 Å². The molecule has 17 heavy (non-hydrogen) atoms. The number of aromatic amines is 1. The molecule has 2 heterocycles. The molecule has 2 N–H and O–H groups in total. The van der Waals surface area contributed by atoms with Crippen LogP contribution in [0.15, 0.2) is 0 Å². The molecule has 1 unspecified atom stereocenters. The van der Waals surface area contributed by atoms with Gasteiger partial charge in [0.05, 0.1) is 11.3 Å². The van der Waals surface area contributed by atoms with E-state index < -0.39 is 0 Å². The molecule has 1 aliphatic heterocycles. The highest BCUT2D eigenvalue weighted by atomic mass is 32.2. The van der Waals surface area contributed by atoms with Crippen molar-refractivity contribution >= 4 is 17.7 Å². The fourth-order valence-electron chi connectivity index (χ4n) is 2.22. The van der Waals surface area contributed by atoms with Crippen molar-refractivity contribution in [2.45, 2.75) is 38.4 Å². The van der Waals surface area contributed by atoms with E-state index in [9.17, 15) is 4.79 Å². The maximum Gasteiger partial charge on any atom is 0.255 e. The molecule has 2 rings (SSSR count). The van der Waals surface area contributed by atoms with Crippen molar-refractivity contribution in [3.63, 3.8) is 0 Å². The highest BCUT2D eigenvalue weighted by Crippen LogP contribution is 2.37. The van der Waals surface area contributed by atoms with Gasteiger partial charge in [-0.2, -0.15) is 16.9 Å². The highest BCUT2D eigenvalue weighted by molar-refractivity contribution is 8.00. The van der Waals surface area contributed by atoms with Crippen molar-refractivity contribution < 1.29 is 4.79 Å². The summed E-state index contributed by atoms with van der Waals surface area (Å²) in [5.74, 6) is 1.19. The lowest BCUT2D eigenvalue weighted by atomic mass is 10.1. The molecule has 1 atom stereocenters. The van der Waals surface area contributed by atoms with Crippen LogP contribution < -0.4 is 5.32 Å². The number of nitrogens with zero attached hydrogens (tertiary/aromatic N) is 1. The predicted octanol–water partition coefficient (Wildman–Crippen LogP) is 2.04. The van der Waals surface area contributed by atoms with E-state index in [1.165, 1.54) is 18.6 Å². The maximum absolute atomic E-state index is 12.1. The van der Waals surface area contributed by atoms with Crippen LogP contribution in [-0.2, 0) is 0 Å². The second-order valence-corrected chi connectivity index (χ2v) is 6.58. The van der Waals surface area contributed by atoms with Crippen LogP contribution in [0.3, 0.4) is 0 Å². The second-order valence-electron chi connectivity index (χ2n) is 4.89. The van der Waals surface area contributed by atoms with Gasteiger partial charge in [-0.1, -0.05) is 0 Å². The largest absolute Gasteiger partial charge is 0.351 e. The zero-order valence-corrected chi connectivity index (χ0v) is 11.4. The third-order valence-corrected chi connectivity index (χ3v) is 4.82. The van der Waals surface area contributed by atoms with Crippen LogP contribution >= 0.6 is 11.8 Å². The lowest BCUT2D eigenvalue weighted by Gasteiger charge is -2.22. The first kappa shape index (κ1) is 12.5. The lowest BCUT2D eigenvalue weighted by Crippen LogP contribution is -2.37. The zero-order valence-electron chi connectivity index (χ0n) is 10.6. The molecule has 0 radical (unpaired) electrons. The first-order valence-electron chi connectivity index (χ1n) is 5.95. The Hall–Kier alpha value is -0.970. The number of hydrogen-bond acceptors (Lipinski definition) is 3. The third-order valence-electron chi connectivity index (χ3n) is 3.28. The lowest BCUT2D eigenvalue weighted by molar-refractivity contribution is 0.0949. The molecular weight excluding hydrogens is 234 g/mol. The van der Waals surface area contributed by atoms with E-state index in [0.717, 1.165) is 17.9 Å². The summed E-state index contributed by atoms with van der Waals surface area (Å²) in [7, 11) is 0. The molecule has 1 aromatic rings. The molecule has 0 bridgehead atoms. The Balaban J connectivity index is 1.98. The van der Waals surface area contributed by atoms with E-state index in [2.05, 4.69) is 22.4 Å². The molecule has 1 aromatic heterocycles. The Kier molecular flexibility index (Phi) is 3.47. The number of H-pyrrole nitrogens is 1. The van der Waals surface area contributed by atoms with Crippen molar-refractivity contribution in [1.82, 2.24) is 15.5 Å². The van der Waals surface area contributed by atoms with Crippen LogP contribution in [0, 0.1) is 13.8 Å². The minimum atomic E-state index is -0.0116. The van der Waals surface area contributed by atoms with E-state index in [1.807, 2.05) is 25.6 Å². The SMILES string of the molecule is Cc1n[nH]c(C)c1C(=O)NCC1(C)CCCS1. The Labute approximate surface area is 106 Å². The average molecular weight is 253 g/mol. The van der Waals surface area contributed by atoms with Gasteiger partial charge >= 0.3 is 0 Å². The number of nitrogens with one attached hydrogen (secondary N) is 2. The number of carbonyl (C=O) groups is 1. The summed E-state index contributed by atoms with van der Waals surface area (Å²) in [5.41, 5.74) is 2.30. The zero-order chi connectivity index (χ0) is 12.5. The molecule has 4 nitrogen and oxygen atoms in total. The summed E-state index contributed by atoms with van der Waals surface area (Å²) in [6.07, 6.45) is 2.43. The molecule has 94 valence electrons. The number of hydrogen-bond donors (Lipinski definition) is 2. The van der Waals surface area contributed by atoms with E-state index in [0.29, 0.717) is 5.56 Å². The summed E-state index contributed by atoms with van der Waals surface area (Å²) in [4.78, 5) is 12.1. The quantitative estimate of drug-likeness (QED) is 0.866. The van der Waals surface area contributed by atoms with Gasteiger partial charge in [0.2, 0.25) is 0 Å². The van der Waals surface area contributed by atoms with Gasteiger partial charge in [-0.25, -0.2) is 0 Å². The molecule has 0 spiro atoms. The molecule has 0 aromatic carbocycles. The maximum atomic E-state index is 12.1. The van der Waals surface area contributed by atoms with Gasteiger partial charge in [0.1, 0.15) is 0 Å². The number of amides is 1. The number of rotatable bonds is 3. The van der Waals surface area contributed by atoms with E-state index in [4.69, 9.17) is 0 Å². The van der Waals surface area contributed by atoms with Crippen molar-refractivity contribution in [1.29, 1.82) is 0 Å². The summed E-state index contributed by atoms with van der Waals surface area (Å²) in [6, 6.07) is 0. The van der Waals surface area contributed by atoms with Crippen LogP contribution in [0.4, 0.5) is 0 Å².